The van der Waals surface area contributed by atoms with Crippen molar-refractivity contribution in [1.82, 2.24) is 14.7 Å². The molecule has 0 atom stereocenters. The fourth-order valence-electron chi connectivity index (χ4n) is 2.15. The highest BCUT2D eigenvalue weighted by molar-refractivity contribution is 7.89. The van der Waals surface area contributed by atoms with Gasteiger partial charge in [0.2, 0.25) is 10.0 Å². The molecule has 2 aromatic heterocycles. The maximum absolute atomic E-state index is 12.3. The highest BCUT2D eigenvalue weighted by Gasteiger charge is 2.15. The zero-order valence-electron chi connectivity index (χ0n) is 11.4. The number of nitrogens with one attached hydrogen (secondary N) is 2. The summed E-state index contributed by atoms with van der Waals surface area (Å²) >= 11 is 0. The fraction of sp³-hybridized carbons (Fsp3) is 0.0667. The van der Waals surface area contributed by atoms with Crippen molar-refractivity contribution >= 4 is 21.1 Å². The second kappa shape index (κ2) is 5.60. The normalized spacial score (nSPS) is 11.4. The van der Waals surface area contributed by atoms with E-state index in [-0.39, 0.29) is 11.4 Å². The molecule has 1 aromatic carbocycles. The van der Waals surface area contributed by atoms with Crippen LogP contribution in [0.1, 0.15) is 11.1 Å². The molecule has 7 heteroatoms. The zero-order valence-corrected chi connectivity index (χ0v) is 12.3. The summed E-state index contributed by atoms with van der Waals surface area (Å²) in [6.07, 6.45) is 3.39. The predicted octanol–water partition coefficient (Wildman–Crippen LogP) is 1.91. The van der Waals surface area contributed by atoms with Gasteiger partial charge in [0, 0.05) is 24.3 Å². The van der Waals surface area contributed by atoms with E-state index < -0.39 is 10.0 Å². The first-order valence-corrected chi connectivity index (χ1v) is 7.99. The number of benzene rings is 1. The van der Waals surface area contributed by atoms with Crippen molar-refractivity contribution in [3.8, 4) is 6.07 Å². The largest absolute Gasteiger partial charge is 0.346 e. The Labute approximate surface area is 127 Å². The van der Waals surface area contributed by atoms with Crippen LogP contribution in [0, 0.1) is 11.3 Å². The lowest BCUT2D eigenvalue weighted by Crippen LogP contribution is -2.23. The van der Waals surface area contributed by atoms with Crippen LogP contribution in [0.3, 0.4) is 0 Å². The molecule has 3 aromatic rings. The van der Waals surface area contributed by atoms with Crippen molar-refractivity contribution in [3.05, 3.63) is 59.9 Å². The molecule has 0 amide bonds. The van der Waals surface area contributed by atoms with E-state index >= 15 is 0 Å². The molecular formula is C15H12N4O2S. The monoisotopic (exact) mass is 312 g/mol. The third kappa shape index (κ3) is 2.70. The van der Waals surface area contributed by atoms with E-state index in [1.165, 1.54) is 12.1 Å². The smallest absolute Gasteiger partial charge is 0.240 e. The SMILES string of the molecule is N#Cc1cccc(S(=O)(=O)NCc2c[nH]c3ncccc23)c1. The number of H-pyrrole nitrogens is 1. The predicted molar refractivity (Wildman–Crippen MR) is 81.3 cm³/mol. The minimum Gasteiger partial charge on any atom is -0.346 e. The summed E-state index contributed by atoms with van der Waals surface area (Å²) in [7, 11) is -3.67. The van der Waals surface area contributed by atoms with Crippen LogP contribution in [0.4, 0.5) is 0 Å². The van der Waals surface area contributed by atoms with Crippen LogP contribution >= 0.6 is 0 Å². The van der Waals surface area contributed by atoms with Gasteiger partial charge < -0.3 is 4.98 Å². The van der Waals surface area contributed by atoms with Crippen LogP contribution in [0.25, 0.3) is 11.0 Å². The average Bonchev–Trinajstić information content (AvgIpc) is 2.96. The lowest BCUT2D eigenvalue weighted by Gasteiger charge is -2.06. The summed E-state index contributed by atoms with van der Waals surface area (Å²) in [5.41, 5.74) is 1.82. The maximum Gasteiger partial charge on any atom is 0.240 e. The lowest BCUT2D eigenvalue weighted by molar-refractivity contribution is 0.581. The van der Waals surface area contributed by atoms with Crippen molar-refractivity contribution in [2.45, 2.75) is 11.4 Å². The van der Waals surface area contributed by atoms with E-state index in [1.54, 1.807) is 30.6 Å². The number of nitrogens with zero attached hydrogens (tertiary/aromatic N) is 2. The highest BCUT2D eigenvalue weighted by Crippen LogP contribution is 2.17. The first kappa shape index (κ1) is 14.3. The van der Waals surface area contributed by atoms with Crippen molar-refractivity contribution in [1.29, 1.82) is 5.26 Å². The van der Waals surface area contributed by atoms with E-state index in [1.807, 2.05) is 12.1 Å². The molecular weight excluding hydrogens is 300 g/mol. The first-order chi connectivity index (χ1) is 10.6. The van der Waals surface area contributed by atoms with Crippen LogP contribution < -0.4 is 4.72 Å². The van der Waals surface area contributed by atoms with Gasteiger partial charge in [0.05, 0.1) is 16.5 Å². The van der Waals surface area contributed by atoms with Gasteiger partial charge in [-0.2, -0.15) is 5.26 Å². The molecule has 3 rings (SSSR count). The van der Waals surface area contributed by atoms with E-state index in [9.17, 15) is 8.42 Å². The Kier molecular flexibility index (Phi) is 3.63. The Bertz CT molecular complexity index is 970. The lowest BCUT2D eigenvalue weighted by atomic mass is 10.2. The van der Waals surface area contributed by atoms with Gasteiger partial charge in [-0.25, -0.2) is 18.1 Å². The molecule has 2 N–H and O–H groups in total. The molecule has 6 nitrogen and oxygen atoms in total. The van der Waals surface area contributed by atoms with Crippen molar-refractivity contribution in [2.75, 3.05) is 0 Å². The topological polar surface area (TPSA) is 98.6 Å². The number of hydrogen-bond donors (Lipinski definition) is 2. The van der Waals surface area contributed by atoms with Gasteiger partial charge in [0.1, 0.15) is 5.65 Å². The Morgan fingerprint density at radius 3 is 2.95 bits per heavy atom. The molecule has 0 aliphatic heterocycles. The number of aromatic nitrogens is 2. The molecule has 22 heavy (non-hydrogen) atoms. The van der Waals surface area contributed by atoms with Crippen LogP contribution in [-0.4, -0.2) is 18.4 Å². The van der Waals surface area contributed by atoms with Crippen LogP contribution in [-0.2, 0) is 16.6 Å². The van der Waals surface area contributed by atoms with Crippen molar-refractivity contribution < 1.29 is 8.42 Å². The quantitative estimate of drug-likeness (QED) is 0.768. The van der Waals surface area contributed by atoms with Gasteiger partial charge in [-0.3, -0.25) is 0 Å². The van der Waals surface area contributed by atoms with E-state index in [0.717, 1.165) is 10.9 Å². The number of pyridine rings is 1. The summed E-state index contributed by atoms with van der Waals surface area (Å²) in [4.78, 5) is 7.23. The molecule has 0 fully saturated rings. The standard InChI is InChI=1S/C15H12N4O2S/c16-8-11-3-1-4-13(7-11)22(20,21)19-10-12-9-18-15-14(12)5-2-6-17-15/h1-7,9,19H,10H2,(H,17,18). The molecule has 0 spiro atoms. The Morgan fingerprint density at radius 2 is 2.14 bits per heavy atom. The number of hydrogen-bond acceptors (Lipinski definition) is 4. The van der Waals surface area contributed by atoms with Crippen LogP contribution in [0.2, 0.25) is 0 Å². The number of aromatic amines is 1. The molecule has 110 valence electrons. The van der Waals surface area contributed by atoms with Gasteiger partial charge in [-0.05, 0) is 35.9 Å². The van der Waals surface area contributed by atoms with Gasteiger partial charge >= 0.3 is 0 Å². The third-order valence-electron chi connectivity index (χ3n) is 3.26. The van der Waals surface area contributed by atoms with Gasteiger partial charge in [0.15, 0.2) is 0 Å². The van der Waals surface area contributed by atoms with Crippen molar-refractivity contribution in [2.24, 2.45) is 0 Å². The second-order valence-electron chi connectivity index (χ2n) is 4.68. The number of nitriles is 1. The van der Waals surface area contributed by atoms with Gasteiger partial charge in [0.25, 0.3) is 0 Å². The Hall–Kier alpha value is -2.69. The van der Waals surface area contributed by atoms with Gasteiger partial charge in [-0.15, -0.1) is 0 Å². The highest BCUT2D eigenvalue weighted by atomic mass is 32.2. The van der Waals surface area contributed by atoms with Gasteiger partial charge in [-0.1, -0.05) is 6.07 Å². The second-order valence-corrected chi connectivity index (χ2v) is 6.44. The summed E-state index contributed by atoms with van der Waals surface area (Å²) in [6, 6.07) is 11.5. The molecule has 0 aliphatic rings. The fourth-order valence-corrected chi connectivity index (χ4v) is 3.20. The minimum atomic E-state index is -3.67. The van der Waals surface area contributed by atoms with Crippen molar-refractivity contribution in [3.63, 3.8) is 0 Å². The summed E-state index contributed by atoms with van der Waals surface area (Å²) in [5, 5.41) is 9.72. The number of rotatable bonds is 4. The minimum absolute atomic E-state index is 0.0736. The van der Waals surface area contributed by atoms with E-state index in [0.29, 0.717) is 11.2 Å². The summed E-state index contributed by atoms with van der Waals surface area (Å²) in [5.74, 6) is 0. The molecule has 0 radical (unpaired) electrons. The van der Waals surface area contributed by atoms with Crippen LogP contribution in [0.5, 0.6) is 0 Å². The Morgan fingerprint density at radius 1 is 1.27 bits per heavy atom. The number of fused-ring (bicyclic) bond motifs is 1. The Balaban J connectivity index is 1.84. The first-order valence-electron chi connectivity index (χ1n) is 6.51. The summed E-state index contributed by atoms with van der Waals surface area (Å²) < 4.78 is 27.1. The molecule has 0 unspecified atom stereocenters. The van der Waals surface area contributed by atoms with Crippen LogP contribution in [0.15, 0.2) is 53.7 Å². The molecule has 2 heterocycles. The third-order valence-corrected chi connectivity index (χ3v) is 4.66. The summed E-state index contributed by atoms with van der Waals surface area (Å²) in [6.45, 7) is 0.144. The zero-order chi connectivity index (χ0) is 15.6. The van der Waals surface area contributed by atoms with E-state index in [4.69, 9.17) is 5.26 Å². The number of sulfonamides is 1. The maximum atomic E-state index is 12.3. The molecule has 0 saturated heterocycles. The molecule has 0 aliphatic carbocycles. The average molecular weight is 312 g/mol. The molecule has 0 bridgehead atoms. The molecule has 0 saturated carbocycles. The van der Waals surface area contributed by atoms with E-state index in [2.05, 4.69) is 14.7 Å².